The molecule has 2 N–H and O–H groups in total. The number of imide groups is 1. The summed E-state index contributed by atoms with van der Waals surface area (Å²) in [4.78, 5) is 38.5. The molecule has 0 spiro atoms. The van der Waals surface area contributed by atoms with Crippen molar-refractivity contribution in [2.45, 2.75) is 25.9 Å². The number of fused-ring (bicyclic) bond motifs is 1. The van der Waals surface area contributed by atoms with Gasteiger partial charge in [-0.2, -0.15) is 0 Å². The van der Waals surface area contributed by atoms with Crippen molar-refractivity contribution < 1.29 is 23.5 Å². The lowest BCUT2D eigenvalue weighted by atomic mass is 10.3. The van der Waals surface area contributed by atoms with Crippen molar-refractivity contribution in [3.63, 3.8) is 0 Å². The molecule has 2 rings (SSSR count). The van der Waals surface area contributed by atoms with Crippen LogP contribution in [0.15, 0.2) is 28.7 Å². The van der Waals surface area contributed by atoms with Crippen LogP contribution in [-0.2, 0) is 20.7 Å². The Labute approximate surface area is 132 Å². The van der Waals surface area contributed by atoms with E-state index in [0.717, 1.165) is 0 Å². The molecule has 3 amide bonds. The summed E-state index contributed by atoms with van der Waals surface area (Å²) in [6.45, 7) is 1.38. The maximum Gasteiger partial charge on any atom is 0.321 e. The number of hydrogen-bond donors (Lipinski definition) is 2. The van der Waals surface area contributed by atoms with Crippen LogP contribution in [0.25, 0.3) is 11.1 Å². The summed E-state index contributed by atoms with van der Waals surface area (Å²) >= 11 is 0. The lowest BCUT2D eigenvalue weighted by Crippen LogP contribution is -2.43. The molecule has 1 atom stereocenters. The first-order chi connectivity index (χ1) is 11.0. The van der Waals surface area contributed by atoms with Crippen molar-refractivity contribution in [2.75, 3.05) is 7.05 Å². The normalized spacial score (nSPS) is 11.7. The summed E-state index contributed by atoms with van der Waals surface area (Å²) < 4.78 is 10.4. The number of esters is 1. The van der Waals surface area contributed by atoms with Gasteiger partial charge in [-0.1, -0.05) is 12.1 Å². The zero-order chi connectivity index (χ0) is 16.8. The summed E-state index contributed by atoms with van der Waals surface area (Å²) in [7, 11) is 1.37. The third kappa shape index (κ3) is 4.53. The second-order valence-electron chi connectivity index (χ2n) is 4.78. The summed E-state index contributed by atoms with van der Waals surface area (Å²) in [5.74, 6) is -0.850. The highest BCUT2D eigenvalue weighted by atomic mass is 16.5. The Balaban J connectivity index is 1.82. The Hall–Kier alpha value is -2.90. The molecular weight excluding hydrogens is 302 g/mol. The number of rotatable bonds is 5. The van der Waals surface area contributed by atoms with Gasteiger partial charge in [0.2, 0.25) is 0 Å². The molecule has 122 valence electrons. The highest BCUT2D eigenvalue weighted by molar-refractivity contribution is 5.96. The number of benzene rings is 1. The molecule has 8 nitrogen and oxygen atoms in total. The minimum atomic E-state index is -1.07. The van der Waals surface area contributed by atoms with Crippen molar-refractivity contribution in [3.8, 4) is 0 Å². The fourth-order valence-electron chi connectivity index (χ4n) is 1.82. The number of amides is 3. The highest BCUT2D eigenvalue weighted by Gasteiger charge is 2.19. The Morgan fingerprint density at radius 1 is 1.30 bits per heavy atom. The predicted molar refractivity (Wildman–Crippen MR) is 80.5 cm³/mol. The van der Waals surface area contributed by atoms with E-state index >= 15 is 0 Å². The zero-order valence-corrected chi connectivity index (χ0v) is 12.8. The quantitative estimate of drug-likeness (QED) is 0.800. The standard InChI is InChI=1S/C15H17N3O5/c1-9(14(20)18-15(21)16-2)22-13(19)8-7-12-17-10-5-3-4-6-11(10)23-12/h3-6,9H,7-8H2,1-2H3,(H2,16,18,20,21)/t9-/m1/s1. The molecule has 1 heterocycles. The maximum atomic E-state index is 11.7. The molecule has 8 heteroatoms. The van der Waals surface area contributed by atoms with Crippen LogP contribution in [0.3, 0.4) is 0 Å². The van der Waals surface area contributed by atoms with E-state index in [9.17, 15) is 14.4 Å². The lowest BCUT2D eigenvalue weighted by Gasteiger charge is -2.12. The number of aromatic nitrogens is 1. The number of nitrogens with one attached hydrogen (secondary N) is 2. The molecule has 1 aromatic heterocycles. The largest absolute Gasteiger partial charge is 0.453 e. The summed E-state index contributed by atoms with van der Waals surface area (Å²) in [6, 6.07) is 6.61. The smallest absolute Gasteiger partial charge is 0.321 e. The number of carbonyl (C=O) groups excluding carboxylic acids is 3. The van der Waals surface area contributed by atoms with Crippen LogP contribution < -0.4 is 10.6 Å². The first-order valence-electron chi connectivity index (χ1n) is 7.06. The van der Waals surface area contributed by atoms with Gasteiger partial charge in [0.15, 0.2) is 17.6 Å². The maximum absolute atomic E-state index is 11.7. The molecule has 0 aliphatic carbocycles. The van der Waals surface area contributed by atoms with E-state index in [1.807, 2.05) is 23.5 Å². The molecule has 0 saturated carbocycles. The fourth-order valence-corrected chi connectivity index (χ4v) is 1.82. The second kappa shape index (κ2) is 7.39. The van der Waals surface area contributed by atoms with Crippen molar-refractivity contribution in [1.82, 2.24) is 15.6 Å². The summed E-state index contributed by atoms with van der Waals surface area (Å²) in [5, 5.41) is 4.26. The first kappa shape index (κ1) is 16.5. The van der Waals surface area contributed by atoms with Crippen molar-refractivity contribution in [1.29, 1.82) is 0 Å². The Bertz CT molecular complexity index is 692. The molecular formula is C15H17N3O5. The van der Waals surface area contributed by atoms with E-state index in [1.165, 1.54) is 14.0 Å². The van der Waals surface area contributed by atoms with Gasteiger partial charge >= 0.3 is 12.0 Å². The van der Waals surface area contributed by atoms with Crippen LogP contribution in [0.5, 0.6) is 0 Å². The van der Waals surface area contributed by atoms with E-state index in [4.69, 9.17) is 9.15 Å². The molecule has 0 fully saturated rings. The van der Waals surface area contributed by atoms with E-state index in [2.05, 4.69) is 10.3 Å². The molecule has 0 unspecified atom stereocenters. The van der Waals surface area contributed by atoms with Gasteiger partial charge in [0.05, 0.1) is 6.42 Å². The average Bonchev–Trinajstić information content (AvgIpc) is 2.95. The second-order valence-corrected chi connectivity index (χ2v) is 4.78. The van der Waals surface area contributed by atoms with Crippen LogP contribution in [0.2, 0.25) is 0 Å². The summed E-state index contributed by atoms with van der Waals surface area (Å²) in [6.07, 6.45) is -0.787. The predicted octanol–water partition coefficient (Wildman–Crippen LogP) is 1.15. The number of para-hydroxylation sites is 2. The topological polar surface area (TPSA) is 111 Å². The van der Waals surface area contributed by atoms with Crippen LogP contribution in [0.1, 0.15) is 19.2 Å². The molecule has 0 radical (unpaired) electrons. The van der Waals surface area contributed by atoms with E-state index in [1.54, 1.807) is 6.07 Å². The molecule has 0 saturated heterocycles. The SMILES string of the molecule is CNC(=O)NC(=O)[C@@H](C)OC(=O)CCc1nc2ccccc2o1. The number of ether oxygens (including phenoxy) is 1. The van der Waals surface area contributed by atoms with E-state index < -0.39 is 24.0 Å². The van der Waals surface area contributed by atoms with Gasteiger partial charge in [0.25, 0.3) is 5.91 Å². The van der Waals surface area contributed by atoms with Gasteiger partial charge < -0.3 is 14.5 Å². The zero-order valence-electron chi connectivity index (χ0n) is 12.8. The van der Waals surface area contributed by atoms with Crippen LogP contribution in [0, 0.1) is 0 Å². The molecule has 23 heavy (non-hydrogen) atoms. The number of urea groups is 1. The number of carbonyl (C=O) groups is 3. The summed E-state index contributed by atoms with van der Waals surface area (Å²) in [5.41, 5.74) is 1.36. The number of oxazole rings is 1. The van der Waals surface area contributed by atoms with Gasteiger partial charge in [-0.15, -0.1) is 0 Å². The molecule has 0 aliphatic heterocycles. The van der Waals surface area contributed by atoms with Crippen molar-refractivity contribution >= 4 is 29.0 Å². The monoisotopic (exact) mass is 319 g/mol. The van der Waals surface area contributed by atoms with E-state index in [-0.39, 0.29) is 12.8 Å². The number of nitrogens with zero attached hydrogens (tertiary/aromatic N) is 1. The number of hydrogen-bond acceptors (Lipinski definition) is 6. The van der Waals surface area contributed by atoms with Crippen LogP contribution in [-0.4, -0.2) is 36.0 Å². The number of aryl methyl sites for hydroxylation is 1. The highest BCUT2D eigenvalue weighted by Crippen LogP contribution is 2.15. The molecule has 1 aromatic carbocycles. The van der Waals surface area contributed by atoms with Crippen LogP contribution >= 0.6 is 0 Å². The van der Waals surface area contributed by atoms with Gasteiger partial charge in [0.1, 0.15) is 5.52 Å². The van der Waals surface area contributed by atoms with Crippen molar-refractivity contribution in [2.24, 2.45) is 0 Å². The molecule has 2 aromatic rings. The fraction of sp³-hybridized carbons (Fsp3) is 0.333. The van der Waals surface area contributed by atoms with Crippen LogP contribution in [0.4, 0.5) is 4.79 Å². The average molecular weight is 319 g/mol. The van der Waals surface area contributed by atoms with Gasteiger partial charge in [-0.05, 0) is 19.1 Å². The van der Waals surface area contributed by atoms with Gasteiger partial charge in [-0.25, -0.2) is 9.78 Å². The van der Waals surface area contributed by atoms with Gasteiger partial charge in [0, 0.05) is 13.5 Å². The molecule has 0 aliphatic rings. The van der Waals surface area contributed by atoms with Crippen molar-refractivity contribution in [3.05, 3.63) is 30.2 Å². The lowest BCUT2D eigenvalue weighted by molar-refractivity contribution is -0.154. The Morgan fingerprint density at radius 3 is 2.74 bits per heavy atom. The Morgan fingerprint density at radius 2 is 2.04 bits per heavy atom. The minimum absolute atomic E-state index is 0.0183. The van der Waals surface area contributed by atoms with E-state index in [0.29, 0.717) is 17.0 Å². The Kier molecular flexibility index (Phi) is 5.29. The third-order valence-electron chi connectivity index (χ3n) is 3.02. The third-order valence-corrected chi connectivity index (χ3v) is 3.02. The molecule has 0 bridgehead atoms. The van der Waals surface area contributed by atoms with Gasteiger partial charge in [-0.3, -0.25) is 14.9 Å². The first-order valence-corrected chi connectivity index (χ1v) is 7.06. The minimum Gasteiger partial charge on any atom is -0.453 e.